The predicted octanol–water partition coefficient (Wildman–Crippen LogP) is 2.93. The summed E-state index contributed by atoms with van der Waals surface area (Å²) in [6.45, 7) is 0. The zero-order valence-electron chi connectivity index (χ0n) is 5.63. The van der Waals surface area contributed by atoms with Gasteiger partial charge in [0.25, 0.3) is 0 Å². The maximum Gasteiger partial charge on any atom is 4.00 e. The van der Waals surface area contributed by atoms with E-state index >= 15 is 0 Å². The molecule has 0 aromatic carbocycles. The second-order valence-corrected chi connectivity index (χ2v) is 3.45. The van der Waals surface area contributed by atoms with E-state index in [0.29, 0.717) is 6.04 Å². The van der Waals surface area contributed by atoms with Gasteiger partial charge in [0.15, 0.2) is 0 Å². The van der Waals surface area contributed by atoms with E-state index < -0.39 is 0 Å². The molecular weight excluding hydrogens is 352 g/mol. The summed E-state index contributed by atoms with van der Waals surface area (Å²) in [5.74, 6) is 0. The molecule has 1 aliphatic rings. The largest absolute Gasteiger partial charge is 4.00 e. The van der Waals surface area contributed by atoms with E-state index in [1.807, 2.05) is 0 Å². The van der Waals surface area contributed by atoms with E-state index in [-0.39, 0.29) is 21.1 Å². The number of halogens is 2. The zero-order valence-corrected chi connectivity index (χ0v) is 9.42. The Bertz CT molecular complexity index is 83.8. The molecule has 0 radical (unpaired) electrons. The van der Waals surface area contributed by atoms with Gasteiger partial charge < -0.3 is 0 Å². The molecule has 0 unspecified atom stereocenters. The fourth-order valence-electron chi connectivity index (χ4n) is 1.28. The molecule has 0 heterocycles. The number of rotatable bonds is 1. The van der Waals surface area contributed by atoms with Crippen LogP contribution >= 0.6 is 23.6 Å². The van der Waals surface area contributed by atoms with Crippen molar-refractivity contribution in [3.8, 4) is 0 Å². The van der Waals surface area contributed by atoms with Gasteiger partial charge in [0, 0.05) is 6.04 Å². The Kier molecular flexibility index (Phi) is 6.54. The average Bonchev–Trinajstić information content (AvgIpc) is 1.90. The summed E-state index contributed by atoms with van der Waals surface area (Å²) in [6.07, 6.45) is 6.22. The molecule has 1 rings (SSSR count). The Morgan fingerprint density at radius 1 is 1.00 bits per heavy atom. The number of hydrogen-bond donors (Lipinski definition) is 0. The predicted molar refractivity (Wildman–Crippen MR) is 40.4 cm³/mol. The van der Waals surface area contributed by atoms with Gasteiger partial charge in [-0.15, -0.1) is 3.94 Å². The van der Waals surface area contributed by atoms with Crippen LogP contribution in [-0.4, -0.2) is 9.98 Å². The van der Waals surface area contributed by atoms with E-state index in [1.54, 1.807) is 0 Å². The van der Waals surface area contributed by atoms with Crippen molar-refractivity contribution >= 4 is 23.6 Å². The Morgan fingerprint density at radius 3 is 1.80 bits per heavy atom. The Hall–Kier alpha value is 1.23. The molecule has 0 bridgehead atoms. The first-order chi connectivity index (χ1) is 4.30. The van der Waals surface area contributed by atoms with Gasteiger partial charge in [-0.25, -0.2) is 0 Å². The van der Waals surface area contributed by atoms with Crippen LogP contribution in [0.4, 0.5) is 0 Å². The third-order valence-electron chi connectivity index (χ3n) is 1.85. The first-order valence-corrected chi connectivity index (χ1v) is 4.09. The molecule has 0 amide bonds. The maximum absolute atomic E-state index is 5.56. The molecule has 1 aliphatic carbocycles. The van der Waals surface area contributed by atoms with Crippen LogP contribution in [0.25, 0.3) is 0 Å². The van der Waals surface area contributed by atoms with Crippen LogP contribution in [0.3, 0.4) is 0 Å². The van der Waals surface area contributed by atoms with E-state index in [0.717, 1.165) is 12.8 Å². The average molecular weight is 363 g/mol. The van der Waals surface area contributed by atoms with Crippen molar-refractivity contribution in [2.24, 2.45) is 0 Å². The molecule has 0 spiro atoms. The second kappa shape index (κ2) is 5.83. The van der Waals surface area contributed by atoms with Crippen LogP contribution in [0, 0.1) is 0 Å². The molecular formula is C6H11Cl2NPt+4. The first kappa shape index (κ1) is 11.2. The van der Waals surface area contributed by atoms with Crippen molar-refractivity contribution in [2.45, 2.75) is 38.1 Å². The molecule has 0 N–H and O–H groups in total. The summed E-state index contributed by atoms with van der Waals surface area (Å²) < 4.78 is 1.30. The molecule has 60 valence electrons. The summed E-state index contributed by atoms with van der Waals surface area (Å²) in [7, 11) is 0. The minimum Gasteiger partial charge on any atom is -0.129 e. The van der Waals surface area contributed by atoms with Crippen LogP contribution in [0.15, 0.2) is 0 Å². The molecule has 1 nitrogen and oxygen atoms in total. The second-order valence-electron chi connectivity index (χ2n) is 2.55. The fraction of sp³-hybridized carbons (Fsp3) is 1.00. The monoisotopic (exact) mass is 362 g/mol. The SMILES string of the molecule is ClN(Cl)C1CCCCC1.[Pt+4]. The Labute approximate surface area is 86.5 Å². The third-order valence-corrected chi connectivity index (χ3v) is 2.40. The molecule has 0 atom stereocenters. The smallest absolute Gasteiger partial charge is 0.129 e. The maximum atomic E-state index is 5.56. The molecule has 0 aliphatic heterocycles. The third kappa shape index (κ3) is 3.57. The van der Waals surface area contributed by atoms with Crippen molar-refractivity contribution in [1.82, 2.24) is 3.94 Å². The van der Waals surface area contributed by atoms with Gasteiger partial charge in [-0.05, 0) is 36.4 Å². The van der Waals surface area contributed by atoms with Gasteiger partial charge in [0.05, 0.1) is 0 Å². The van der Waals surface area contributed by atoms with Gasteiger partial charge in [-0.1, -0.05) is 19.3 Å². The molecule has 1 fully saturated rings. The minimum atomic E-state index is 0. The van der Waals surface area contributed by atoms with Crippen molar-refractivity contribution in [2.75, 3.05) is 0 Å². The van der Waals surface area contributed by atoms with Crippen LogP contribution in [0.5, 0.6) is 0 Å². The van der Waals surface area contributed by atoms with E-state index in [2.05, 4.69) is 0 Å². The fourth-order valence-corrected chi connectivity index (χ4v) is 1.67. The van der Waals surface area contributed by atoms with Crippen molar-refractivity contribution in [3.63, 3.8) is 0 Å². The van der Waals surface area contributed by atoms with Gasteiger partial charge in [0.2, 0.25) is 0 Å². The summed E-state index contributed by atoms with van der Waals surface area (Å²) in [4.78, 5) is 0. The standard InChI is InChI=1S/C6H11Cl2N.Pt/c7-9(8)6-4-2-1-3-5-6;/h6H,1-5H2;/q;+4. The Balaban J connectivity index is 0.000000810. The van der Waals surface area contributed by atoms with Crippen molar-refractivity contribution in [1.29, 1.82) is 0 Å². The molecule has 0 aromatic heterocycles. The number of nitrogens with zero attached hydrogens (tertiary/aromatic N) is 1. The molecule has 0 aromatic rings. The van der Waals surface area contributed by atoms with Gasteiger partial charge in [0.1, 0.15) is 0 Å². The number of hydrogen-bond acceptors (Lipinski definition) is 1. The molecule has 4 heteroatoms. The molecule has 1 saturated carbocycles. The Morgan fingerprint density at radius 2 is 1.50 bits per heavy atom. The summed E-state index contributed by atoms with van der Waals surface area (Å²) >= 11 is 11.1. The minimum absolute atomic E-state index is 0. The van der Waals surface area contributed by atoms with Gasteiger partial charge in [-0.3, -0.25) is 0 Å². The first-order valence-electron chi connectivity index (χ1n) is 3.41. The van der Waals surface area contributed by atoms with Crippen molar-refractivity contribution in [3.05, 3.63) is 0 Å². The van der Waals surface area contributed by atoms with E-state index in [4.69, 9.17) is 23.6 Å². The van der Waals surface area contributed by atoms with Crippen LogP contribution in [-0.2, 0) is 21.1 Å². The van der Waals surface area contributed by atoms with Gasteiger partial charge >= 0.3 is 21.1 Å². The van der Waals surface area contributed by atoms with Crippen LogP contribution in [0.1, 0.15) is 32.1 Å². The molecule has 10 heavy (non-hydrogen) atoms. The zero-order chi connectivity index (χ0) is 6.69. The van der Waals surface area contributed by atoms with E-state index in [9.17, 15) is 0 Å². The summed E-state index contributed by atoms with van der Waals surface area (Å²) in [5, 5.41) is 0. The summed E-state index contributed by atoms with van der Waals surface area (Å²) in [6, 6.07) is 0.419. The topological polar surface area (TPSA) is 3.24 Å². The van der Waals surface area contributed by atoms with Gasteiger partial charge in [-0.2, -0.15) is 0 Å². The normalized spacial score (nSPS) is 20.7. The summed E-state index contributed by atoms with van der Waals surface area (Å²) in [5.41, 5.74) is 0. The quantitative estimate of drug-likeness (QED) is 0.648. The van der Waals surface area contributed by atoms with Crippen LogP contribution in [0.2, 0.25) is 0 Å². The molecule has 0 saturated heterocycles. The van der Waals surface area contributed by atoms with Crippen molar-refractivity contribution < 1.29 is 21.1 Å². The van der Waals surface area contributed by atoms with E-state index in [1.165, 1.54) is 23.2 Å². The van der Waals surface area contributed by atoms with Crippen LogP contribution < -0.4 is 0 Å².